The maximum atomic E-state index is 5.98. The van der Waals surface area contributed by atoms with Crippen molar-refractivity contribution in [2.45, 2.75) is 6.92 Å². The third-order valence-electron chi connectivity index (χ3n) is 4.70. The number of aromatic nitrogens is 4. The molecule has 26 heavy (non-hydrogen) atoms. The molecule has 0 spiro atoms. The molecule has 134 valence electrons. The molecule has 0 aliphatic carbocycles. The van der Waals surface area contributed by atoms with E-state index < -0.39 is 0 Å². The van der Waals surface area contributed by atoms with Gasteiger partial charge >= 0.3 is 0 Å². The lowest BCUT2D eigenvalue weighted by molar-refractivity contribution is 0.311. The zero-order valence-corrected chi connectivity index (χ0v) is 15.7. The van der Waals surface area contributed by atoms with Crippen LogP contribution in [0.4, 0.5) is 5.95 Å². The number of likely N-dealkylation sites (N-methyl/N-ethyl adjacent to an activating group) is 1. The van der Waals surface area contributed by atoms with Crippen molar-refractivity contribution in [2.24, 2.45) is 0 Å². The first kappa shape index (κ1) is 17.0. The van der Waals surface area contributed by atoms with Crippen LogP contribution in [0.5, 0.6) is 0 Å². The van der Waals surface area contributed by atoms with E-state index in [1.807, 2.05) is 54.3 Å². The third kappa shape index (κ3) is 3.43. The average molecular weight is 369 g/mol. The Morgan fingerprint density at radius 1 is 1.00 bits per heavy atom. The molecule has 7 heteroatoms. The van der Waals surface area contributed by atoms with Crippen molar-refractivity contribution in [3.05, 3.63) is 53.4 Å². The fourth-order valence-electron chi connectivity index (χ4n) is 3.09. The predicted molar refractivity (Wildman–Crippen MR) is 104 cm³/mol. The Labute approximate surface area is 158 Å². The van der Waals surface area contributed by atoms with Gasteiger partial charge in [-0.3, -0.25) is 0 Å². The molecule has 0 N–H and O–H groups in total. The van der Waals surface area contributed by atoms with E-state index >= 15 is 0 Å². The lowest BCUT2D eigenvalue weighted by Crippen LogP contribution is -2.45. The van der Waals surface area contributed by atoms with Crippen LogP contribution in [0, 0.1) is 6.92 Å². The molecule has 2 aromatic heterocycles. The van der Waals surface area contributed by atoms with Crippen LogP contribution in [0.15, 0.2) is 42.7 Å². The van der Waals surface area contributed by atoms with Crippen molar-refractivity contribution in [3.8, 4) is 16.9 Å². The van der Waals surface area contributed by atoms with Crippen LogP contribution < -0.4 is 4.90 Å². The Kier molecular flexibility index (Phi) is 4.61. The number of hydrogen-bond donors (Lipinski definition) is 0. The summed E-state index contributed by atoms with van der Waals surface area (Å²) in [7, 11) is 2.14. The summed E-state index contributed by atoms with van der Waals surface area (Å²) in [5, 5.41) is 5.35. The standard InChI is InChI=1S/C19H21ClN6/c1-14-17(13-26(23-14)16-5-3-15(20)4-6-16)18-7-8-21-19(22-18)25-11-9-24(2)10-12-25/h3-8,13H,9-12H2,1-2H3. The summed E-state index contributed by atoms with van der Waals surface area (Å²) in [6, 6.07) is 9.58. The number of nitrogens with zero attached hydrogens (tertiary/aromatic N) is 6. The number of halogens is 1. The van der Waals surface area contributed by atoms with Crippen molar-refractivity contribution in [1.29, 1.82) is 0 Å². The molecule has 1 fully saturated rings. The van der Waals surface area contributed by atoms with E-state index in [-0.39, 0.29) is 0 Å². The van der Waals surface area contributed by atoms with E-state index in [0.29, 0.717) is 5.02 Å². The molecule has 3 heterocycles. The van der Waals surface area contributed by atoms with Crippen molar-refractivity contribution >= 4 is 17.5 Å². The molecule has 0 bridgehead atoms. The van der Waals surface area contributed by atoms with Gasteiger partial charge in [0.05, 0.1) is 17.1 Å². The summed E-state index contributed by atoms with van der Waals surface area (Å²) in [6.45, 7) is 5.95. The number of hydrogen-bond acceptors (Lipinski definition) is 5. The van der Waals surface area contributed by atoms with Crippen LogP contribution in [0.25, 0.3) is 16.9 Å². The van der Waals surface area contributed by atoms with Gasteiger partial charge in [0.1, 0.15) is 0 Å². The molecule has 3 aromatic rings. The molecule has 0 atom stereocenters. The normalized spacial score (nSPS) is 15.4. The van der Waals surface area contributed by atoms with Gasteiger partial charge in [-0.2, -0.15) is 5.10 Å². The Hall–Kier alpha value is -2.44. The first-order chi connectivity index (χ1) is 12.6. The zero-order valence-electron chi connectivity index (χ0n) is 14.9. The SMILES string of the molecule is Cc1nn(-c2ccc(Cl)cc2)cc1-c1ccnc(N2CCN(C)CC2)n1. The van der Waals surface area contributed by atoms with E-state index in [1.54, 1.807) is 0 Å². The largest absolute Gasteiger partial charge is 0.338 e. The Balaban J connectivity index is 1.63. The maximum Gasteiger partial charge on any atom is 0.225 e. The van der Waals surface area contributed by atoms with Crippen LogP contribution in [-0.4, -0.2) is 57.9 Å². The molecule has 0 saturated carbocycles. The monoisotopic (exact) mass is 368 g/mol. The highest BCUT2D eigenvalue weighted by Crippen LogP contribution is 2.24. The molecular weight excluding hydrogens is 348 g/mol. The van der Waals surface area contributed by atoms with Crippen LogP contribution >= 0.6 is 11.6 Å². The second-order valence-electron chi connectivity index (χ2n) is 6.58. The van der Waals surface area contributed by atoms with E-state index in [4.69, 9.17) is 16.6 Å². The lowest BCUT2D eigenvalue weighted by Gasteiger charge is -2.32. The second kappa shape index (κ2) is 7.05. The van der Waals surface area contributed by atoms with Crippen LogP contribution in [-0.2, 0) is 0 Å². The first-order valence-corrected chi connectivity index (χ1v) is 9.07. The fraction of sp³-hybridized carbons (Fsp3) is 0.316. The average Bonchev–Trinajstić information content (AvgIpc) is 3.05. The van der Waals surface area contributed by atoms with E-state index in [1.165, 1.54) is 0 Å². The van der Waals surface area contributed by atoms with Gasteiger partial charge in [0.2, 0.25) is 5.95 Å². The zero-order chi connectivity index (χ0) is 18.1. The van der Waals surface area contributed by atoms with Gasteiger partial charge in [-0.25, -0.2) is 14.6 Å². The van der Waals surface area contributed by atoms with Gasteiger partial charge in [-0.05, 0) is 44.3 Å². The van der Waals surface area contributed by atoms with Gasteiger partial charge in [-0.1, -0.05) is 11.6 Å². The van der Waals surface area contributed by atoms with Crippen LogP contribution in [0.2, 0.25) is 5.02 Å². The number of benzene rings is 1. The summed E-state index contributed by atoms with van der Waals surface area (Å²) in [5.41, 5.74) is 3.81. The summed E-state index contributed by atoms with van der Waals surface area (Å²) in [5.74, 6) is 0.786. The minimum Gasteiger partial charge on any atom is -0.338 e. The first-order valence-electron chi connectivity index (χ1n) is 8.69. The summed E-state index contributed by atoms with van der Waals surface area (Å²) in [6.07, 6.45) is 3.84. The summed E-state index contributed by atoms with van der Waals surface area (Å²) in [4.78, 5) is 13.8. The van der Waals surface area contributed by atoms with Gasteiger partial charge < -0.3 is 9.80 Å². The molecule has 0 unspecified atom stereocenters. The number of anilines is 1. The summed E-state index contributed by atoms with van der Waals surface area (Å²) >= 11 is 5.98. The van der Waals surface area contributed by atoms with Gasteiger partial charge in [0.25, 0.3) is 0 Å². The van der Waals surface area contributed by atoms with E-state index in [0.717, 1.165) is 54.8 Å². The highest BCUT2D eigenvalue weighted by Gasteiger charge is 2.18. The third-order valence-corrected chi connectivity index (χ3v) is 4.95. The quantitative estimate of drug-likeness (QED) is 0.711. The van der Waals surface area contributed by atoms with E-state index in [9.17, 15) is 0 Å². The molecule has 1 aliphatic heterocycles. The minimum atomic E-state index is 0.713. The highest BCUT2D eigenvalue weighted by atomic mass is 35.5. The lowest BCUT2D eigenvalue weighted by atomic mass is 10.2. The number of aryl methyl sites for hydroxylation is 1. The topological polar surface area (TPSA) is 50.1 Å². The molecular formula is C19H21ClN6. The van der Waals surface area contributed by atoms with Gasteiger partial charge in [0.15, 0.2) is 0 Å². The fourth-order valence-corrected chi connectivity index (χ4v) is 3.22. The van der Waals surface area contributed by atoms with Crippen LogP contribution in [0.3, 0.4) is 0 Å². The molecule has 0 radical (unpaired) electrons. The maximum absolute atomic E-state index is 5.98. The van der Waals surface area contributed by atoms with Crippen molar-refractivity contribution in [3.63, 3.8) is 0 Å². The second-order valence-corrected chi connectivity index (χ2v) is 7.02. The molecule has 1 aromatic carbocycles. The molecule has 0 amide bonds. The molecule has 1 saturated heterocycles. The molecule has 1 aliphatic rings. The molecule has 6 nitrogen and oxygen atoms in total. The highest BCUT2D eigenvalue weighted by molar-refractivity contribution is 6.30. The van der Waals surface area contributed by atoms with E-state index in [2.05, 4.69) is 26.9 Å². The summed E-state index contributed by atoms with van der Waals surface area (Å²) < 4.78 is 1.86. The van der Waals surface area contributed by atoms with Gasteiger partial charge in [-0.15, -0.1) is 0 Å². The predicted octanol–water partition coefficient (Wildman–Crippen LogP) is 3.04. The van der Waals surface area contributed by atoms with Crippen molar-refractivity contribution in [2.75, 3.05) is 38.1 Å². The minimum absolute atomic E-state index is 0.713. The van der Waals surface area contributed by atoms with Crippen molar-refractivity contribution in [1.82, 2.24) is 24.6 Å². The van der Waals surface area contributed by atoms with Crippen molar-refractivity contribution < 1.29 is 0 Å². The Bertz CT molecular complexity index is 897. The van der Waals surface area contributed by atoms with Crippen LogP contribution in [0.1, 0.15) is 5.69 Å². The number of rotatable bonds is 3. The Morgan fingerprint density at radius 2 is 1.73 bits per heavy atom. The molecule has 4 rings (SSSR count). The number of piperazine rings is 1. The smallest absolute Gasteiger partial charge is 0.225 e. The van der Waals surface area contributed by atoms with Gasteiger partial charge in [0, 0.05) is 49.2 Å². The Morgan fingerprint density at radius 3 is 2.46 bits per heavy atom.